The second-order valence-corrected chi connectivity index (χ2v) is 6.91. The van der Waals surface area contributed by atoms with E-state index in [4.69, 9.17) is 5.11 Å². The van der Waals surface area contributed by atoms with Crippen molar-refractivity contribution in [2.45, 2.75) is 51.9 Å². The van der Waals surface area contributed by atoms with Crippen LogP contribution >= 0.6 is 0 Å². The molecule has 2 rings (SSSR count). The van der Waals surface area contributed by atoms with Gasteiger partial charge in [0.15, 0.2) is 0 Å². The molecule has 0 spiro atoms. The van der Waals surface area contributed by atoms with Crippen LogP contribution in [-0.2, 0) is 6.42 Å². The van der Waals surface area contributed by atoms with Gasteiger partial charge in [-0.3, -0.25) is 0 Å². The number of nitrogens with one attached hydrogen (secondary N) is 1. The molecule has 2 nitrogen and oxygen atoms in total. The molecule has 1 aliphatic carbocycles. The van der Waals surface area contributed by atoms with Crippen LogP contribution in [0.5, 0.6) is 0 Å². The number of hydrogen-bond acceptors (Lipinski definition) is 2. The van der Waals surface area contributed by atoms with E-state index in [0.29, 0.717) is 12.5 Å². The Morgan fingerprint density at radius 3 is 2.90 bits per heavy atom. The van der Waals surface area contributed by atoms with Crippen molar-refractivity contribution in [2.75, 3.05) is 19.7 Å². The van der Waals surface area contributed by atoms with Crippen LogP contribution in [0.3, 0.4) is 0 Å². The lowest BCUT2D eigenvalue weighted by molar-refractivity contribution is 0.235. The SMILES string of the molecule is CC(C)(CCCO)CNCC1CCCc2ccccc21. The topological polar surface area (TPSA) is 32.3 Å². The first-order chi connectivity index (χ1) is 9.62. The third kappa shape index (κ3) is 4.32. The Hall–Kier alpha value is -0.860. The summed E-state index contributed by atoms with van der Waals surface area (Å²) in [5.74, 6) is 0.675. The lowest BCUT2D eigenvalue weighted by Gasteiger charge is -2.29. The van der Waals surface area contributed by atoms with Crippen molar-refractivity contribution >= 4 is 0 Å². The van der Waals surface area contributed by atoms with E-state index in [1.807, 2.05) is 0 Å². The Bertz CT molecular complexity index is 414. The Balaban J connectivity index is 1.83. The normalized spacial score (nSPS) is 18.9. The number of hydrogen-bond donors (Lipinski definition) is 2. The van der Waals surface area contributed by atoms with E-state index < -0.39 is 0 Å². The molecule has 1 aromatic rings. The minimum atomic E-state index is 0.275. The highest BCUT2D eigenvalue weighted by atomic mass is 16.2. The highest BCUT2D eigenvalue weighted by Gasteiger charge is 2.21. The fourth-order valence-corrected chi connectivity index (χ4v) is 3.30. The molecule has 1 aliphatic rings. The molecule has 0 aliphatic heterocycles. The summed E-state index contributed by atoms with van der Waals surface area (Å²) in [7, 11) is 0. The lowest BCUT2D eigenvalue weighted by Crippen LogP contribution is -2.33. The second kappa shape index (κ2) is 7.24. The van der Waals surface area contributed by atoms with Gasteiger partial charge >= 0.3 is 0 Å². The summed E-state index contributed by atoms with van der Waals surface area (Å²) in [6, 6.07) is 8.92. The maximum absolute atomic E-state index is 8.95. The molecular formula is C18H29NO. The molecule has 20 heavy (non-hydrogen) atoms. The Morgan fingerprint density at radius 1 is 1.30 bits per heavy atom. The van der Waals surface area contributed by atoms with Crippen molar-refractivity contribution in [1.29, 1.82) is 0 Å². The molecule has 0 heterocycles. The summed E-state index contributed by atoms with van der Waals surface area (Å²) >= 11 is 0. The summed E-state index contributed by atoms with van der Waals surface area (Å²) in [5, 5.41) is 12.6. The van der Waals surface area contributed by atoms with Crippen molar-refractivity contribution in [3.05, 3.63) is 35.4 Å². The van der Waals surface area contributed by atoms with Crippen molar-refractivity contribution in [3.63, 3.8) is 0 Å². The van der Waals surface area contributed by atoms with E-state index in [9.17, 15) is 0 Å². The van der Waals surface area contributed by atoms with Gasteiger partial charge in [0.1, 0.15) is 0 Å². The molecule has 0 radical (unpaired) electrons. The smallest absolute Gasteiger partial charge is 0.0431 e. The number of aliphatic hydroxyl groups is 1. The van der Waals surface area contributed by atoms with E-state index in [1.165, 1.54) is 19.3 Å². The minimum absolute atomic E-state index is 0.275. The Morgan fingerprint density at radius 2 is 2.10 bits per heavy atom. The van der Waals surface area contributed by atoms with Gasteiger partial charge in [-0.15, -0.1) is 0 Å². The highest BCUT2D eigenvalue weighted by Crippen LogP contribution is 2.31. The van der Waals surface area contributed by atoms with Gasteiger partial charge in [0.05, 0.1) is 0 Å². The molecule has 0 saturated carbocycles. The number of benzene rings is 1. The van der Waals surface area contributed by atoms with Crippen LogP contribution in [0, 0.1) is 5.41 Å². The zero-order chi connectivity index (χ0) is 14.4. The average molecular weight is 275 g/mol. The molecule has 0 saturated heterocycles. The highest BCUT2D eigenvalue weighted by molar-refractivity contribution is 5.32. The predicted molar refractivity (Wildman–Crippen MR) is 85.1 cm³/mol. The third-order valence-electron chi connectivity index (χ3n) is 4.50. The maximum Gasteiger partial charge on any atom is 0.0431 e. The van der Waals surface area contributed by atoms with Crippen molar-refractivity contribution in [3.8, 4) is 0 Å². The number of aryl methyl sites for hydroxylation is 1. The minimum Gasteiger partial charge on any atom is -0.396 e. The van der Waals surface area contributed by atoms with Crippen LogP contribution < -0.4 is 5.32 Å². The van der Waals surface area contributed by atoms with Crippen LogP contribution in [0.2, 0.25) is 0 Å². The first-order valence-corrected chi connectivity index (χ1v) is 8.02. The van der Waals surface area contributed by atoms with E-state index in [1.54, 1.807) is 11.1 Å². The van der Waals surface area contributed by atoms with E-state index in [0.717, 1.165) is 25.9 Å². The molecule has 0 amide bonds. The first kappa shape index (κ1) is 15.5. The van der Waals surface area contributed by atoms with E-state index in [-0.39, 0.29) is 5.41 Å². The van der Waals surface area contributed by atoms with Gasteiger partial charge in [-0.2, -0.15) is 0 Å². The summed E-state index contributed by atoms with van der Waals surface area (Å²) in [5.41, 5.74) is 3.38. The Kier molecular flexibility index (Phi) is 5.62. The molecule has 1 atom stereocenters. The van der Waals surface area contributed by atoms with Crippen molar-refractivity contribution in [1.82, 2.24) is 5.32 Å². The quantitative estimate of drug-likeness (QED) is 0.798. The number of aliphatic hydroxyl groups excluding tert-OH is 1. The summed E-state index contributed by atoms with van der Waals surface area (Å²) in [6.07, 6.45) is 5.85. The van der Waals surface area contributed by atoms with Gasteiger partial charge in [-0.25, -0.2) is 0 Å². The van der Waals surface area contributed by atoms with Gasteiger partial charge in [0.2, 0.25) is 0 Å². The van der Waals surface area contributed by atoms with Gasteiger partial charge in [-0.1, -0.05) is 38.1 Å². The molecule has 0 bridgehead atoms. The van der Waals surface area contributed by atoms with Crippen LogP contribution in [0.25, 0.3) is 0 Å². The average Bonchev–Trinajstić information content (AvgIpc) is 2.45. The molecule has 1 aromatic carbocycles. The molecule has 2 N–H and O–H groups in total. The van der Waals surface area contributed by atoms with Crippen LogP contribution in [0.1, 0.15) is 56.6 Å². The molecule has 2 heteroatoms. The van der Waals surface area contributed by atoms with E-state index in [2.05, 4.69) is 43.4 Å². The lowest BCUT2D eigenvalue weighted by atomic mass is 9.82. The largest absolute Gasteiger partial charge is 0.396 e. The van der Waals surface area contributed by atoms with Crippen LogP contribution in [-0.4, -0.2) is 24.8 Å². The standard InChI is InChI=1S/C18H29NO/c1-18(2,11-6-12-20)14-19-13-16-9-5-8-15-7-3-4-10-17(15)16/h3-4,7,10,16,19-20H,5-6,8-9,11-14H2,1-2H3. The Labute approximate surface area is 123 Å². The van der Waals surface area contributed by atoms with Crippen molar-refractivity contribution < 1.29 is 5.11 Å². The zero-order valence-electron chi connectivity index (χ0n) is 13.0. The fraction of sp³-hybridized carbons (Fsp3) is 0.667. The van der Waals surface area contributed by atoms with Gasteiger partial charge in [-0.05, 0) is 54.6 Å². The monoisotopic (exact) mass is 275 g/mol. The predicted octanol–water partition coefficient (Wildman–Crippen LogP) is 3.49. The van der Waals surface area contributed by atoms with Crippen molar-refractivity contribution in [2.24, 2.45) is 5.41 Å². The van der Waals surface area contributed by atoms with Gasteiger partial charge in [0, 0.05) is 19.7 Å². The molecule has 112 valence electrons. The van der Waals surface area contributed by atoms with Crippen LogP contribution in [0.4, 0.5) is 0 Å². The molecular weight excluding hydrogens is 246 g/mol. The van der Waals surface area contributed by atoms with Gasteiger partial charge < -0.3 is 10.4 Å². The molecule has 0 fully saturated rings. The summed E-state index contributed by atoms with van der Waals surface area (Å²) in [4.78, 5) is 0. The maximum atomic E-state index is 8.95. The second-order valence-electron chi connectivity index (χ2n) is 6.91. The number of fused-ring (bicyclic) bond motifs is 1. The van der Waals surface area contributed by atoms with E-state index >= 15 is 0 Å². The summed E-state index contributed by atoms with van der Waals surface area (Å²) in [6.45, 7) is 6.99. The first-order valence-electron chi connectivity index (χ1n) is 8.02. The van der Waals surface area contributed by atoms with Gasteiger partial charge in [0.25, 0.3) is 0 Å². The number of rotatable bonds is 7. The third-order valence-corrected chi connectivity index (χ3v) is 4.50. The van der Waals surface area contributed by atoms with Crippen LogP contribution in [0.15, 0.2) is 24.3 Å². The fourth-order valence-electron chi connectivity index (χ4n) is 3.30. The molecule has 1 unspecified atom stereocenters. The summed E-state index contributed by atoms with van der Waals surface area (Å²) < 4.78 is 0. The zero-order valence-corrected chi connectivity index (χ0v) is 13.0. The molecule has 0 aromatic heterocycles.